The van der Waals surface area contributed by atoms with Gasteiger partial charge in [0.05, 0.1) is 18.3 Å². The van der Waals surface area contributed by atoms with Crippen LogP contribution in [0.2, 0.25) is 0 Å². The summed E-state index contributed by atoms with van der Waals surface area (Å²) in [5, 5.41) is 3.73. The van der Waals surface area contributed by atoms with E-state index in [2.05, 4.69) is 10.1 Å². The average Bonchev–Trinajstić information content (AvgIpc) is 3.10. The van der Waals surface area contributed by atoms with Crippen LogP contribution in [0.5, 0.6) is 5.75 Å². The van der Waals surface area contributed by atoms with E-state index in [1.54, 1.807) is 36.1 Å². The Balaban J connectivity index is 1.46. The molecule has 1 fully saturated rings. The summed E-state index contributed by atoms with van der Waals surface area (Å²) < 4.78 is 20.9. The van der Waals surface area contributed by atoms with E-state index >= 15 is 0 Å². The maximum atomic E-state index is 12.1. The van der Waals surface area contributed by atoms with Crippen LogP contribution in [0, 0.1) is 6.92 Å². The maximum Gasteiger partial charge on any atom is 0.338 e. The third kappa shape index (κ3) is 5.27. The molecular formula is C18H21N3O6. The molecule has 0 spiro atoms. The number of nitrogens with zero attached hydrogens (tertiary/aromatic N) is 3. The Kier molecular flexibility index (Phi) is 6.02. The van der Waals surface area contributed by atoms with Gasteiger partial charge in [-0.05, 0) is 31.2 Å². The molecule has 1 aliphatic heterocycles. The maximum absolute atomic E-state index is 12.1. The minimum Gasteiger partial charge on any atom is -0.485 e. The summed E-state index contributed by atoms with van der Waals surface area (Å²) in [6.07, 6.45) is -0.0117. The zero-order valence-electron chi connectivity index (χ0n) is 15.2. The number of ether oxygens (including phenoxy) is 3. The van der Waals surface area contributed by atoms with Gasteiger partial charge in [-0.3, -0.25) is 4.79 Å². The lowest BCUT2D eigenvalue weighted by Gasteiger charge is -2.30. The Bertz CT molecular complexity index is 789. The second kappa shape index (κ2) is 8.63. The van der Waals surface area contributed by atoms with Gasteiger partial charge in [0.1, 0.15) is 5.75 Å². The standard InChI is InChI=1S/C18H21N3O6/c1-12-9-21(7-8-24-12)17(22)11-26-18(23)14-3-5-15(6-4-14)25-10-16-19-13(2)27-20-16/h3-6,12H,7-11H2,1-2H3. The first-order valence-electron chi connectivity index (χ1n) is 8.60. The molecule has 1 aromatic carbocycles. The molecular weight excluding hydrogens is 354 g/mol. The van der Waals surface area contributed by atoms with Crippen LogP contribution in [-0.4, -0.2) is 59.3 Å². The lowest BCUT2D eigenvalue weighted by atomic mass is 10.2. The molecule has 1 aliphatic rings. The van der Waals surface area contributed by atoms with E-state index in [-0.39, 0.29) is 25.2 Å². The van der Waals surface area contributed by atoms with Crippen molar-refractivity contribution in [2.75, 3.05) is 26.3 Å². The third-order valence-electron chi connectivity index (χ3n) is 3.95. The van der Waals surface area contributed by atoms with Crippen LogP contribution in [0.4, 0.5) is 0 Å². The number of carbonyl (C=O) groups is 2. The van der Waals surface area contributed by atoms with E-state index in [1.807, 2.05) is 6.92 Å². The highest BCUT2D eigenvalue weighted by atomic mass is 16.5. The Hall–Kier alpha value is -2.94. The summed E-state index contributed by atoms with van der Waals surface area (Å²) in [5.41, 5.74) is 0.334. The Morgan fingerprint density at radius 2 is 2.07 bits per heavy atom. The fourth-order valence-corrected chi connectivity index (χ4v) is 2.58. The van der Waals surface area contributed by atoms with E-state index < -0.39 is 5.97 Å². The van der Waals surface area contributed by atoms with E-state index in [0.717, 1.165) is 0 Å². The van der Waals surface area contributed by atoms with Gasteiger partial charge in [0.15, 0.2) is 13.2 Å². The molecule has 9 nitrogen and oxygen atoms in total. The number of rotatable bonds is 6. The summed E-state index contributed by atoms with van der Waals surface area (Å²) in [6, 6.07) is 6.41. The fraction of sp³-hybridized carbons (Fsp3) is 0.444. The van der Waals surface area contributed by atoms with Crippen LogP contribution < -0.4 is 4.74 Å². The zero-order chi connectivity index (χ0) is 19.2. The SMILES string of the molecule is Cc1nc(COc2ccc(C(=O)OCC(=O)N3CCOC(C)C3)cc2)no1. The topological polar surface area (TPSA) is 104 Å². The lowest BCUT2D eigenvalue weighted by molar-refractivity contribution is -0.141. The molecule has 9 heteroatoms. The van der Waals surface area contributed by atoms with Gasteiger partial charge in [-0.15, -0.1) is 0 Å². The smallest absolute Gasteiger partial charge is 0.338 e. The number of hydrogen-bond donors (Lipinski definition) is 0. The minimum absolute atomic E-state index is 0.0117. The molecule has 1 amide bonds. The molecule has 1 aromatic heterocycles. The second-order valence-electron chi connectivity index (χ2n) is 6.14. The molecule has 2 aromatic rings. The number of esters is 1. The zero-order valence-corrected chi connectivity index (χ0v) is 15.2. The summed E-state index contributed by atoms with van der Waals surface area (Å²) >= 11 is 0. The normalized spacial score (nSPS) is 16.8. The van der Waals surface area contributed by atoms with Crippen molar-refractivity contribution in [3.05, 3.63) is 41.5 Å². The van der Waals surface area contributed by atoms with Gasteiger partial charge in [-0.1, -0.05) is 5.16 Å². The Morgan fingerprint density at radius 3 is 2.74 bits per heavy atom. The number of morpholine rings is 1. The molecule has 27 heavy (non-hydrogen) atoms. The lowest BCUT2D eigenvalue weighted by Crippen LogP contribution is -2.46. The molecule has 1 unspecified atom stereocenters. The van der Waals surface area contributed by atoms with E-state index in [0.29, 0.717) is 42.7 Å². The van der Waals surface area contributed by atoms with Gasteiger partial charge in [0, 0.05) is 20.0 Å². The number of hydrogen-bond acceptors (Lipinski definition) is 8. The van der Waals surface area contributed by atoms with E-state index in [4.69, 9.17) is 18.7 Å². The van der Waals surface area contributed by atoms with Crippen LogP contribution in [0.3, 0.4) is 0 Å². The monoisotopic (exact) mass is 375 g/mol. The van der Waals surface area contributed by atoms with E-state index in [1.165, 1.54) is 0 Å². The van der Waals surface area contributed by atoms with Crippen molar-refractivity contribution in [1.82, 2.24) is 15.0 Å². The predicted molar refractivity (Wildman–Crippen MR) is 92.1 cm³/mol. The highest BCUT2D eigenvalue weighted by molar-refractivity contribution is 5.91. The first-order valence-corrected chi connectivity index (χ1v) is 8.60. The molecule has 1 atom stereocenters. The van der Waals surface area contributed by atoms with Crippen molar-refractivity contribution in [1.29, 1.82) is 0 Å². The second-order valence-corrected chi connectivity index (χ2v) is 6.14. The molecule has 0 aliphatic carbocycles. The van der Waals surface area contributed by atoms with Gasteiger partial charge >= 0.3 is 5.97 Å². The summed E-state index contributed by atoms with van der Waals surface area (Å²) in [6.45, 7) is 4.96. The number of carbonyl (C=O) groups excluding carboxylic acids is 2. The van der Waals surface area contributed by atoms with Gasteiger partial charge in [0.25, 0.3) is 5.91 Å². The number of aromatic nitrogens is 2. The molecule has 0 N–H and O–H groups in total. The predicted octanol–water partition coefficient (Wildman–Crippen LogP) is 1.36. The van der Waals surface area contributed by atoms with Crippen LogP contribution in [-0.2, 0) is 20.9 Å². The van der Waals surface area contributed by atoms with Crippen molar-refractivity contribution in [3.8, 4) is 5.75 Å². The van der Waals surface area contributed by atoms with E-state index in [9.17, 15) is 9.59 Å². The van der Waals surface area contributed by atoms with Crippen molar-refractivity contribution in [2.24, 2.45) is 0 Å². The van der Waals surface area contributed by atoms with Gasteiger partial charge in [0.2, 0.25) is 11.7 Å². The molecule has 0 radical (unpaired) electrons. The van der Waals surface area contributed by atoms with Crippen molar-refractivity contribution in [3.63, 3.8) is 0 Å². The summed E-state index contributed by atoms with van der Waals surface area (Å²) in [7, 11) is 0. The third-order valence-corrected chi connectivity index (χ3v) is 3.95. The van der Waals surface area contributed by atoms with Crippen molar-refractivity contribution < 1.29 is 28.3 Å². The molecule has 0 saturated carbocycles. The largest absolute Gasteiger partial charge is 0.485 e. The van der Waals surface area contributed by atoms with Gasteiger partial charge < -0.3 is 23.6 Å². The van der Waals surface area contributed by atoms with Gasteiger partial charge in [-0.25, -0.2) is 4.79 Å². The molecule has 0 bridgehead atoms. The van der Waals surface area contributed by atoms with Crippen LogP contribution >= 0.6 is 0 Å². The molecule has 3 rings (SSSR count). The van der Waals surface area contributed by atoms with Gasteiger partial charge in [-0.2, -0.15) is 4.98 Å². The first-order chi connectivity index (χ1) is 13.0. The molecule has 2 heterocycles. The number of aryl methyl sites for hydroxylation is 1. The molecule has 1 saturated heterocycles. The highest BCUT2D eigenvalue weighted by Gasteiger charge is 2.22. The Morgan fingerprint density at radius 1 is 1.30 bits per heavy atom. The summed E-state index contributed by atoms with van der Waals surface area (Å²) in [4.78, 5) is 29.9. The van der Waals surface area contributed by atoms with Crippen molar-refractivity contribution in [2.45, 2.75) is 26.6 Å². The Labute approximate surface area is 156 Å². The average molecular weight is 375 g/mol. The molecule has 144 valence electrons. The number of benzene rings is 1. The quantitative estimate of drug-likeness (QED) is 0.697. The van der Waals surface area contributed by atoms with Crippen molar-refractivity contribution >= 4 is 11.9 Å². The van der Waals surface area contributed by atoms with Crippen LogP contribution in [0.15, 0.2) is 28.8 Å². The summed E-state index contributed by atoms with van der Waals surface area (Å²) in [5.74, 6) is 0.658. The van der Waals surface area contributed by atoms with Crippen LogP contribution in [0.25, 0.3) is 0 Å². The highest BCUT2D eigenvalue weighted by Crippen LogP contribution is 2.14. The van der Waals surface area contributed by atoms with Crippen LogP contribution in [0.1, 0.15) is 29.0 Å². The fourth-order valence-electron chi connectivity index (χ4n) is 2.58. The number of amides is 1. The minimum atomic E-state index is -0.565. The first kappa shape index (κ1) is 18.8.